The summed E-state index contributed by atoms with van der Waals surface area (Å²) in [7, 11) is 0. The van der Waals surface area contributed by atoms with Gasteiger partial charge >= 0.3 is 0 Å². The van der Waals surface area contributed by atoms with Crippen LogP contribution in [-0.4, -0.2) is 34.6 Å². The Bertz CT molecular complexity index is 967. The van der Waals surface area contributed by atoms with Crippen LogP contribution in [0.5, 0.6) is 0 Å². The molecule has 3 rings (SSSR count). The van der Waals surface area contributed by atoms with Crippen molar-refractivity contribution in [1.82, 2.24) is 4.90 Å². The fraction of sp³-hybridized carbons (Fsp3) is 0.304. The summed E-state index contributed by atoms with van der Waals surface area (Å²) < 4.78 is 13.5. The van der Waals surface area contributed by atoms with E-state index in [0.29, 0.717) is 0 Å². The number of likely N-dealkylation sites (tertiary alicyclic amines) is 1. The van der Waals surface area contributed by atoms with Gasteiger partial charge in [0.2, 0.25) is 0 Å². The molecule has 2 aromatic carbocycles. The van der Waals surface area contributed by atoms with Crippen LogP contribution in [0.4, 0.5) is 4.39 Å². The summed E-state index contributed by atoms with van der Waals surface area (Å²) in [6.45, 7) is 3.76. The number of halogens is 1. The lowest BCUT2D eigenvalue weighted by Crippen LogP contribution is -2.65. The lowest BCUT2D eigenvalue weighted by molar-refractivity contribution is -0.00588. The first kappa shape index (κ1) is 19.6. The molecule has 0 bridgehead atoms. The van der Waals surface area contributed by atoms with Crippen LogP contribution in [0, 0.1) is 34.9 Å². The van der Waals surface area contributed by atoms with Crippen LogP contribution in [0.3, 0.4) is 0 Å². The summed E-state index contributed by atoms with van der Waals surface area (Å²) >= 11 is 0. The van der Waals surface area contributed by atoms with Gasteiger partial charge in [0, 0.05) is 23.0 Å². The highest BCUT2D eigenvalue weighted by molar-refractivity contribution is 5.95. The monoisotopic (exact) mass is 376 g/mol. The van der Waals surface area contributed by atoms with Crippen LogP contribution in [0.15, 0.2) is 48.5 Å². The molecule has 0 aromatic heterocycles. The van der Waals surface area contributed by atoms with Crippen LogP contribution < -0.4 is 0 Å². The van der Waals surface area contributed by atoms with Crippen molar-refractivity contribution in [2.24, 2.45) is 5.92 Å². The number of rotatable bonds is 3. The van der Waals surface area contributed by atoms with Crippen molar-refractivity contribution in [2.45, 2.75) is 31.8 Å². The Balaban J connectivity index is 1.85. The molecule has 0 aliphatic carbocycles. The number of aliphatic hydroxyl groups is 1. The van der Waals surface area contributed by atoms with E-state index in [1.807, 2.05) is 38.1 Å². The zero-order valence-electron chi connectivity index (χ0n) is 15.8. The summed E-state index contributed by atoms with van der Waals surface area (Å²) in [6.07, 6.45) is 0. The molecular weight excluding hydrogens is 355 g/mol. The summed E-state index contributed by atoms with van der Waals surface area (Å²) in [5.41, 5.74) is 1.90. The maximum absolute atomic E-state index is 13.5. The number of benzene rings is 2. The predicted octanol–water partition coefficient (Wildman–Crippen LogP) is 3.33. The normalized spacial score (nSPS) is 20.7. The third-order valence-electron chi connectivity index (χ3n) is 4.84. The average Bonchev–Trinajstić information content (AvgIpc) is 2.67. The fourth-order valence-electron chi connectivity index (χ4n) is 3.47. The molecule has 0 unspecified atom stereocenters. The van der Waals surface area contributed by atoms with Gasteiger partial charge in [-0.15, -0.1) is 0 Å². The second-order valence-corrected chi connectivity index (χ2v) is 7.12. The molecule has 142 valence electrons. The van der Waals surface area contributed by atoms with Crippen molar-refractivity contribution < 1.29 is 14.3 Å². The molecule has 0 saturated carbocycles. The first-order valence-corrected chi connectivity index (χ1v) is 9.16. The zero-order chi connectivity index (χ0) is 20.3. The van der Waals surface area contributed by atoms with E-state index in [2.05, 4.69) is 17.9 Å². The van der Waals surface area contributed by atoms with E-state index in [-0.39, 0.29) is 24.0 Å². The maximum Gasteiger partial charge on any atom is 0.255 e. The Morgan fingerprint density at radius 3 is 2.54 bits per heavy atom. The molecule has 1 saturated heterocycles. The molecular formula is C23H21FN2O2. The number of carbonyl (C=O) groups is 1. The Kier molecular flexibility index (Phi) is 5.78. The van der Waals surface area contributed by atoms with Gasteiger partial charge in [-0.3, -0.25) is 4.79 Å². The van der Waals surface area contributed by atoms with E-state index in [0.717, 1.165) is 17.2 Å². The highest BCUT2D eigenvalue weighted by Gasteiger charge is 2.51. The van der Waals surface area contributed by atoms with Crippen LogP contribution >= 0.6 is 0 Å². The van der Waals surface area contributed by atoms with Crippen LogP contribution in [0.2, 0.25) is 0 Å². The topological polar surface area (TPSA) is 64.3 Å². The molecule has 1 heterocycles. The van der Waals surface area contributed by atoms with Crippen molar-refractivity contribution in [3.63, 3.8) is 0 Å². The minimum atomic E-state index is -0.722. The Morgan fingerprint density at radius 2 is 1.96 bits per heavy atom. The standard InChI is InChI=1S/C23H21FN2O2/c1-15(2)6-7-16-8-10-17(11-9-16)22-20(13-25)26(21(22)14-27)23(28)18-4-3-5-19(24)12-18/h3-5,8-12,15,20-22,27H,14H2,1-2H3/t20-,21-,22+/m0/s1. The molecule has 1 amide bonds. The third-order valence-corrected chi connectivity index (χ3v) is 4.84. The number of carbonyl (C=O) groups excluding carboxylic acids is 1. The molecule has 5 heteroatoms. The Hall–Kier alpha value is -3.15. The molecule has 1 fully saturated rings. The van der Waals surface area contributed by atoms with E-state index in [1.54, 1.807) is 0 Å². The number of nitrogens with zero attached hydrogens (tertiary/aromatic N) is 2. The van der Waals surface area contributed by atoms with Gasteiger partial charge in [0.25, 0.3) is 5.91 Å². The molecule has 2 aromatic rings. The molecule has 1 aliphatic heterocycles. The maximum atomic E-state index is 13.5. The smallest absolute Gasteiger partial charge is 0.255 e. The van der Waals surface area contributed by atoms with Gasteiger partial charge < -0.3 is 10.0 Å². The van der Waals surface area contributed by atoms with Crippen molar-refractivity contribution >= 4 is 5.91 Å². The van der Waals surface area contributed by atoms with Gasteiger partial charge in [0.05, 0.1) is 18.7 Å². The minimum Gasteiger partial charge on any atom is -0.394 e. The number of hydrogen-bond acceptors (Lipinski definition) is 3. The predicted molar refractivity (Wildman–Crippen MR) is 104 cm³/mol. The molecule has 3 atom stereocenters. The van der Waals surface area contributed by atoms with E-state index < -0.39 is 23.8 Å². The highest BCUT2D eigenvalue weighted by Crippen LogP contribution is 2.41. The number of hydrogen-bond donors (Lipinski definition) is 1. The highest BCUT2D eigenvalue weighted by atomic mass is 19.1. The second kappa shape index (κ2) is 8.25. The fourth-order valence-corrected chi connectivity index (χ4v) is 3.47. The number of amides is 1. The van der Waals surface area contributed by atoms with Crippen molar-refractivity contribution in [2.75, 3.05) is 6.61 Å². The van der Waals surface area contributed by atoms with Gasteiger partial charge in [-0.1, -0.05) is 43.9 Å². The van der Waals surface area contributed by atoms with Crippen molar-refractivity contribution in [1.29, 1.82) is 5.26 Å². The quantitative estimate of drug-likeness (QED) is 0.836. The average molecular weight is 376 g/mol. The summed E-state index contributed by atoms with van der Waals surface area (Å²) in [5, 5.41) is 19.5. The zero-order valence-corrected chi connectivity index (χ0v) is 15.8. The summed E-state index contributed by atoms with van der Waals surface area (Å²) in [5.74, 6) is 5.17. The molecule has 4 nitrogen and oxygen atoms in total. The van der Waals surface area contributed by atoms with Gasteiger partial charge in [-0.05, 0) is 35.9 Å². The van der Waals surface area contributed by atoms with Gasteiger partial charge in [0.15, 0.2) is 0 Å². The molecule has 28 heavy (non-hydrogen) atoms. The molecule has 0 spiro atoms. The number of nitriles is 1. The molecule has 0 radical (unpaired) electrons. The Labute approximate surface area is 164 Å². The van der Waals surface area contributed by atoms with Crippen LogP contribution in [0.1, 0.15) is 41.3 Å². The van der Waals surface area contributed by atoms with E-state index in [1.165, 1.54) is 23.1 Å². The number of aliphatic hydroxyl groups excluding tert-OH is 1. The van der Waals surface area contributed by atoms with E-state index >= 15 is 0 Å². The van der Waals surface area contributed by atoms with Gasteiger partial charge in [-0.2, -0.15) is 5.26 Å². The van der Waals surface area contributed by atoms with E-state index in [4.69, 9.17) is 0 Å². The van der Waals surface area contributed by atoms with Crippen LogP contribution in [-0.2, 0) is 0 Å². The largest absolute Gasteiger partial charge is 0.394 e. The van der Waals surface area contributed by atoms with Crippen molar-refractivity contribution in [3.05, 3.63) is 71.0 Å². The van der Waals surface area contributed by atoms with Crippen LogP contribution in [0.25, 0.3) is 0 Å². The lowest BCUT2D eigenvalue weighted by Gasteiger charge is -2.51. The lowest BCUT2D eigenvalue weighted by atomic mass is 9.75. The van der Waals surface area contributed by atoms with Gasteiger partial charge in [-0.25, -0.2) is 4.39 Å². The molecule has 1 aliphatic rings. The summed E-state index contributed by atoms with van der Waals surface area (Å²) in [6, 6.07) is 13.8. The molecule has 1 N–H and O–H groups in total. The third kappa shape index (κ3) is 3.76. The van der Waals surface area contributed by atoms with Gasteiger partial charge in [0.1, 0.15) is 11.9 Å². The first-order valence-electron chi connectivity index (χ1n) is 9.16. The summed E-state index contributed by atoms with van der Waals surface area (Å²) in [4.78, 5) is 14.1. The Morgan fingerprint density at radius 1 is 1.25 bits per heavy atom. The first-order chi connectivity index (χ1) is 13.5. The van der Waals surface area contributed by atoms with E-state index in [9.17, 15) is 19.6 Å². The second-order valence-electron chi connectivity index (χ2n) is 7.12. The SMILES string of the molecule is CC(C)C#Cc1ccc([C@@H]2[C@H](C#N)N(C(=O)c3cccc(F)c3)[C@H]2CO)cc1. The van der Waals surface area contributed by atoms with Crippen molar-refractivity contribution in [3.8, 4) is 17.9 Å². The minimum absolute atomic E-state index is 0.163.